The summed E-state index contributed by atoms with van der Waals surface area (Å²) in [6, 6.07) is 8.13. The van der Waals surface area contributed by atoms with Gasteiger partial charge in [0, 0.05) is 17.3 Å². The van der Waals surface area contributed by atoms with Gasteiger partial charge in [0.1, 0.15) is 5.82 Å². The summed E-state index contributed by atoms with van der Waals surface area (Å²) in [5, 5.41) is 12.0. The second-order valence-electron chi connectivity index (χ2n) is 5.62. The number of nitrogens with zero attached hydrogens (tertiary/aromatic N) is 3. The summed E-state index contributed by atoms with van der Waals surface area (Å²) in [6.07, 6.45) is 1.81. The van der Waals surface area contributed by atoms with Crippen LogP contribution in [0, 0.1) is 6.92 Å². The van der Waals surface area contributed by atoms with E-state index in [9.17, 15) is 4.79 Å². The molecule has 0 bridgehead atoms. The van der Waals surface area contributed by atoms with Crippen LogP contribution < -0.4 is 10.1 Å². The van der Waals surface area contributed by atoms with Crippen LogP contribution in [0.4, 0.5) is 5.69 Å². The van der Waals surface area contributed by atoms with Gasteiger partial charge in [0.2, 0.25) is 5.65 Å². The largest absolute Gasteiger partial charge is 0.493 e. The number of aryl methyl sites for hydroxylation is 1. The van der Waals surface area contributed by atoms with Gasteiger partial charge >= 0.3 is 5.97 Å². The smallest absolute Gasteiger partial charge is 0.333 e. The Bertz CT molecular complexity index is 924. The van der Waals surface area contributed by atoms with Gasteiger partial charge in [-0.05, 0) is 31.5 Å². The second kappa shape index (κ2) is 7.61. The van der Waals surface area contributed by atoms with E-state index in [1.165, 1.54) is 0 Å². The zero-order valence-corrected chi connectivity index (χ0v) is 15.4. The van der Waals surface area contributed by atoms with Crippen LogP contribution in [0.3, 0.4) is 0 Å². The molecule has 2 aromatic heterocycles. The molecule has 3 aromatic rings. The summed E-state index contributed by atoms with van der Waals surface area (Å²) in [4.78, 5) is 12.5. The summed E-state index contributed by atoms with van der Waals surface area (Å²) in [5.41, 5.74) is 2.02. The fourth-order valence-corrected chi connectivity index (χ4v) is 2.76. The molecule has 8 heteroatoms. The molecule has 136 valence electrons. The first-order valence-corrected chi connectivity index (χ1v) is 8.49. The van der Waals surface area contributed by atoms with Crippen LogP contribution in [-0.4, -0.2) is 34.3 Å². The van der Waals surface area contributed by atoms with Crippen molar-refractivity contribution in [3.05, 3.63) is 52.9 Å². The molecule has 0 aliphatic rings. The zero-order valence-electron chi connectivity index (χ0n) is 14.7. The number of ether oxygens (including phenoxy) is 2. The van der Waals surface area contributed by atoms with E-state index in [0.29, 0.717) is 27.9 Å². The predicted octanol–water partition coefficient (Wildman–Crippen LogP) is 3.42. The van der Waals surface area contributed by atoms with Crippen molar-refractivity contribution in [1.29, 1.82) is 0 Å². The molecule has 0 fully saturated rings. The molecule has 2 heterocycles. The molecule has 1 N–H and O–H groups in total. The van der Waals surface area contributed by atoms with Crippen molar-refractivity contribution in [1.82, 2.24) is 14.6 Å². The van der Waals surface area contributed by atoms with Crippen LogP contribution in [0.1, 0.15) is 24.4 Å². The number of carbonyl (C=O) groups excluding carboxylic acids is 1. The zero-order chi connectivity index (χ0) is 18.7. The molecule has 26 heavy (non-hydrogen) atoms. The number of nitrogens with one attached hydrogen (secondary N) is 1. The van der Waals surface area contributed by atoms with Gasteiger partial charge in [-0.15, -0.1) is 10.2 Å². The standard InChI is InChI=1S/C18H19ClN4O3/c1-4-26-18(24)16(12-5-7-13(19)8-6-12)20-14-9-15(25-3)17-22-21-11(2)23(17)10-14/h5-10,16,20H,4H2,1-3H3. The van der Waals surface area contributed by atoms with E-state index < -0.39 is 6.04 Å². The number of hydrogen-bond acceptors (Lipinski definition) is 6. The van der Waals surface area contributed by atoms with Crippen LogP contribution in [0.5, 0.6) is 5.75 Å². The number of fused-ring (bicyclic) bond motifs is 1. The van der Waals surface area contributed by atoms with Crippen LogP contribution in [-0.2, 0) is 9.53 Å². The Kier molecular flexibility index (Phi) is 5.27. The van der Waals surface area contributed by atoms with Crippen molar-refractivity contribution in [2.75, 3.05) is 19.0 Å². The van der Waals surface area contributed by atoms with Crippen LogP contribution in [0.2, 0.25) is 5.02 Å². The van der Waals surface area contributed by atoms with Crippen molar-refractivity contribution in [3.63, 3.8) is 0 Å². The van der Waals surface area contributed by atoms with E-state index in [4.69, 9.17) is 21.1 Å². The highest BCUT2D eigenvalue weighted by Gasteiger charge is 2.23. The highest BCUT2D eigenvalue weighted by atomic mass is 35.5. The highest BCUT2D eigenvalue weighted by Crippen LogP contribution is 2.28. The molecule has 0 spiro atoms. The third kappa shape index (κ3) is 3.57. The van der Waals surface area contributed by atoms with Crippen molar-refractivity contribution in [3.8, 4) is 5.75 Å². The van der Waals surface area contributed by atoms with E-state index in [0.717, 1.165) is 5.56 Å². The fourth-order valence-electron chi connectivity index (χ4n) is 2.63. The molecule has 0 saturated heterocycles. The lowest BCUT2D eigenvalue weighted by atomic mass is 10.1. The van der Waals surface area contributed by atoms with Crippen LogP contribution in [0.15, 0.2) is 36.5 Å². The van der Waals surface area contributed by atoms with E-state index in [-0.39, 0.29) is 12.6 Å². The molecule has 1 atom stereocenters. The van der Waals surface area contributed by atoms with Gasteiger partial charge < -0.3 is 14.8 Å². The number of esters is 1. The summed E-state index contributed by atoms with van der Waals surface area (Å²) in [5.74, 6) is 0.879. The van der Waals surface area contributed by atoms with E-state index in [1.807, 2.05) is 13.1 Å². The molecule has 1 unspecified atom stereocenters. The Labute approximate surface area is 155 Å². The topological polar surface area (TPSA) is 77.8 Å². The Hall–Kier alpha value is -2.80. The number of anilines is 1. The minimum Gasteiger partial charge on any atom is -0.493 e. The van der Waals surface area contributed by atoms with Gasteiger partial charge in [-0.2, -0.15) is 0 Å². The number of pyridine rings is 1. The van der Waals surface area contributed by atoms with Gasteiger partial charge in [-0.3, -0.25) is 4.40 Å². The van der Waals surface area contributed by atoms with Crippen LogP contribution >= 0.6 is 11.6 Å². The maximum atomic E-state index is 12.5. The first kappa shape index (κ1) is 18.0. The lowest BCUT2D eigenvalue weighted by Gasteiger charge is -2.19. The average Bonchev–Trinajstić information content (AvgIpc) is 3.01. The van der Waals surface area contributed by atoms with E-state index in [2.05, 4.69) is 15.5 Å². The average molecular weight is 375 g/mol. The lowest BCUT2D eigenvalue weighted by Crippen LogP contribution is -2.23. The highest BCUT2D eigenvalue weighted by molar-refractivity contribution is 6.30. The summed E-state index contributed by atoms with van der Waals surface area (Å²) < 4.78 is 12.4. The van der Waals surface area contributed by atoms with Gasteiger partial charge in [0.15, 0.2) is 11.8 Å². The molecule has 1 aromatic carbocycles. The van der Waals surface area contributed by atoms with Crippen LogP contribution in [0.25, 0.3) is 5.65 Å². The van der Waals surface area contributed by atoms with Gasteiger partial charge in [0.05, 0.1) is 19.4 Å². The Morgan fingerprint density at radius 2 is 2.04 bits per heavy atom. The Morgan fingerprint density at radius 1 is 1.31 bits per heavy atom. The Balaban J connectivity index is 2.00. The monoisotopic (exact) mass is 374 g/mol. The minimum atomic E-state index is -0.689. The molecular formula is C18H19ClN4O3. The maximum Gasteiger partial charge on any atom is 0.333 e. The fraction of sp³-hybridized carbons (Fsp3) is 0.278. The first-order valence-electron chi connectivity index (χ1n) is 8.11. The maximum absolute atomic E-state index is 12.5. The quantitative estimate of drug-likeness (QED) is 0.666. The summed E-state index contributed by atoms with van der Waals surface area (Å²) in [7, 11) is 1.56. The summed E-state index contributed by atoms with van der Waals surface area (Å²) in [6.45, 7) is 3.90. The molecule has 0 radical (unpaired) electrons. The van der Waals surface area contributed by atoms with Gasteiger partial charge in [0.25, 0.3) is 0 Å². The molecule has 0 saturated carbocycles. The number of hydrogen-bond donors (Lipinski definition) is 1. The molecular weight excluding hydrogens is 356 g/mol. The van der Waals surface area contributed by atoms with Crippen molar-refractivity contribution >= 4 is 28.9 Å². The molecule has 0 amide bonds. The van der Waals surface area contributed by atoms with E-state index in [1.54, 1.807) is 48.8 Å². The van der Waals surface area contributed by atoms with Crippen molar-refractivity contribution < 1.29 is 14.3 Å². The normalized spacial score (nSPS) is 12.0. The van der Waals surface area contributed by atoms with E-state index >= 15 is 0 Å². The molecule has 0 aliphatic heterocycles. The minimum absolute atomic E-state index is 0.289. The summed E-state index contributed by atoms with van der Waals surface area (Å²) >= 11 is 5.96. The molecule has 7 nitrogen and oxygen atoms in total. The number of rotatable bonds is 6. The SMILES string of the molecule is CCOC(=O)C(Nc1cc(OC)c2nnc(C)n2c1)c1ccc(Cl)cc1. The van der Waals surface area contributed by atoms with Crippen molar-refractivity contribution in [2.24, 2.45) is 0 Å². The Morgan fingerprint density at radius 3 is 2.69 bits per heavy atom. The second-order valence-corrected chi connectivity index (χ2v) is 6.06. The number of benzene rings is 1. The number of methoxy groups -OCH3 is 1. The van der Waals surface area contributed by atoms with Gasteiger partial charge in [-0.1, -0.05) is 23.7 Å². The lowest BCUT2D eigenvalue weighted by molar-refractivity contribution is -0.144. The first-order chi connectivity index (χ1) is 12.5. The number of halogens is 1. The molecule has 3 rings (SSSR count). The molecule has 0 aliphatic carbocycles. The van der Waals surface area contributed by atoms with Crippen molar-refractivity contribution in [2.45, 2.75) is 19.9 Å². The number of aromatic nitrogens is 3. The number of carbonyl (C=O) groups is 1. The predicted molar refractivity (Wildman–Crippen MR) is 98.7 cm³/mol. The third-order valence-electron chi connectivity index (χ3n) is 3.90. The van der Waals surface area contributed by atoms with Gasteiger partial charge in [-0.25, -0.2) is 4.79 Å². The third-order valence-corrected chi connectivity index (χ3v) is 4.15.